The van der Waals surface area contributed by atoms with Crippen molar-refractivity contribution in [3.63, 3.8) is 0 Å². The van der Waals surface area contributed by atoms with Gasteiger partial charge in [-0.05, 0) is 64.3 Å². The Balaban J connectivity index is 1.42. The highest BCUT2D eigenvalue weighted by Gasteiger charge is 2.39. The lowest BCUT2D eigenvalue weighted by Gasteiger charge is -2.42. The smallest absolute Gasteiger partial charge is 0.410 e. The van der Waals surface area contributed by atoms with Gasteiger partial charge in [-0.2, -0.15) is 5.10 Å². The van der Waals surface area contributed by atoms with Gasteiger partial charge in [-0.1, -0.05) is 6.92 Å². The molecule has 3 aromatic rings. The fourth-order valence-electron chi connectivity index (χ4n) is 5.51. The third-order valence-corrected chi connectivity index (χ3v) is 7.82. The van der Waals surface area contributed by atoms with Crippen LogP contribution in [0.2, 0.25) is 0 Å². The zero-order valence-electron chi connectivity index (χ0n) is 24.0. The number of likely N-dealkylation sites (tertiary alicyclic amines) is 1. The molecule has 2 amide bonds. The van der Waals surface area contributed by atoms with E-state index in [1.165, 1.54) is 12.1 Å². The molecule has 12 heteroatoms. The number of morpholine rings is 1. The molecule has 0 aliphatic carbocycles. The minimum absolute atomic E-state index is 0.0210. The van der Waals surface area contributed by atoms with E-state index in [9.17, 15) is 14.4 Å². The van der Waals surface area contributed by atoms with Gasteiger partial charge in [-0.15, -0.1) is 0 Å². The number of benzene rings is 1. The predicted molar refractivity (Wildman–Crippen MR) is 152 cm³/mol. The number of pyridine rings is 1. The molecule has 0 atom stereocenters. The van der Waals surface area contributed by atoms with Crippen molar-refractivity contribution in [2.45, 2.75) is 58.1 Å². The first-order chi connectivity index (χ1) is 19.5. The van der Waals surface area contributed by atoms with Crippen LogP contribution < -0.4 is 10.9 Å². The van der Waals surface area contributed by atoms with E-state index >= 15 is 4.39 Å². The van der Waals surface area contributed by atoms with Gasteiger partial charge in [0.1, 0.15) is 16.8 Å². The summed E-state index contributed by atoms with van der Waals surface area (Å²) in [6, 6.07) is 6.09. The van der Waals surface area contributed by atoms with Crippen molar-refractivity contribution in [1.82, 2.24) is 24.6 Å². The van der Waals surface area contributed by atoms with Crippen LogP contribution in [0.25, 0.3) is 10.9 Å². The van der Waals surface area contributed by atoms with Crippen LogP contribution in [0.15, 0.2) is 35.3 Å². The maximum atomic E-state index is 15.1. The van der Waals surface area contributed by atoms with Crippen LogP contribution in [0.5, 0.6) is 0 Å². The number of halogens is 1. The van der Waals surface area contributed by atoms with Crippen molar-refractivity contribution < 1.29 is 23.5 Å². The summed E-state index contributed by atoms with van der Waals surface area (Å²) in [5, 5.41) is 8.30. The Bertz CT molecular complexity index is 1500. The van der Waals surface area contributed by atoms with Gasteiger partial charge in [0.15, 0.2) is 5.82 Å². The molecule has 2 N–H and O–H groups in total. The summed E-state index contributed by atoms with van der Waals surface area (Å²) < 4.78 is 27.8. The number of nitrogens with zero attached hydrogens (tertiary/aromatic N) is 4. The van der Waals surface area contributed by atoms with Crippen molar-refractivity contribution in [2.75, 3.05) is 44.7 Å². The van der Waals surface area contributed by atoms with Crippen LogP contribution in [0.3, 0.4) is 0 Å². The van der Waals surface area contributed by atoms with Crippen LogP contribution in [-0.2, 0) is 15.0 Å². The topological polar surface area (TPSA) is 122 Å². The highest BCUT2D eigenvalue weighted by Crippen LogP contribution is 2.38. The first kappa shape index (κ1) is 28.6. The van der Waals surface area contributed by atoms with E-state index < -0.39 is 17.0 Å². The molecule has 2 aliphatic heterocycles. The van der Waals surface area contributed by atoms with Gasteiger partial charge >= 0.3 is 6.09 Å². The molecule has 0 unspecified atom stereocenters. The molecular formula is C29H37FN6O5. The fourth-order valence-corrected chi connectivity index (χ4v) is 5.51. The highest BCUT2D eigenvalue weighted by molar-refractivity contribution is 5.95. The molecule has 0 saturated carbocycles. The van der Waals surface area contributed by atoms with Gasteiger partial charge in [0.05, 0.1) is 29.8 Å². The fraction of sp³-hybridized carbons (Fsp3) is 0.517. The maximum absolute atomic E-state index is 15.1. The summed E-state index contributed by atoms with van der Waals surface area (Å²) >= 11 is 0. The number of aromatic amines is 1. The number of H-pyrrole nitrogens is 1. The van der Waals surface area contributed by atoms with E-state index in [2.05, 4.69) is 17.2 Å². The molecule has 220 valence electrons. The van der Waals surface area contributed by atoms with E-state index in [-0.39, 0.29) is 28.9 Å². The number of hydrogen-bond donors (Lipinski definition) is 2. The maximum Gasteiger partial charge on any atom is 0.410 e. The lowest BCUT2D eigenvalue weighted by molar-refractivity contribution is 0.0101. The molecule has 2 fully saturated rings. The Morgan fingerprint density at radius 2 is 1.83 bits per heavy atom. The molecule has 2 aromatic heterocycles. The Labute approximate surface area is 237 Å². The average molecular weight is 569 g/mol. The Hall–Kier alpha value is -3.93. The molecule has 11 nitrogen and oxygen atoms in total. The predicted octanol–water partition coefficient (Wildman–Crippen LogP) is 4.22. The molecule has 2 saturated heterocycles. The van der Waals surface area contributed by atoms with Gasteiger partial charge in [0.25, 0.3) is 11.5 Å². The van der Waals surface area contributed by atoms with E-state index in [1.807, 2.05) is 25.5 Å². The summed E-state index contributed by atoms with van der Waals surface area (Å²) in [6.07, 6.45) is 3.21. The van der Waals surface area contributed by atoms with Crippen LogP contribution in [0.4, 0.5) is 20.7 Å². The van der Waals surface area contributed by atoms with Crippen molar-refractivity contribution in [3.8, 4) is 0 Å². The van der Waals surface area contributed by atoms with Crippen molar-refractivity contribution in [1.29, 1.82) is 0 Å². The van der Waals surface area contributed by atoms with Gasteiger partial charge in [-0.3, -0.25) is 14.3 Å². The second-order valence-corrected chi connectivity index (χ2v) is 11.6. The molecule has 1 aromatic carbocycles. The van der Waals surface area contributed by atoms with Crippen molar-refractivity contribution in [2.24, 2.45) is 0 Å². The lowest BCUT2D eigenvalue weighted by Crippen LogP contribution is -2.49. The number of rotatable bonds is 5. The number of hydrogen-bond acceptors (Lipinski definition) is 7. The van der Waals surface area contributed by atoms with Crippen LogP contribution in [0.1, 0.15) is 57.3 Å². The summed E-state index contributed by atoms with van der Waals surface area (Å²) in [5.74, 6) is -0.759. The molecule has 41 heavy (non-hydrogen) atoms. The molecule has 0 spiro atoms. The number of amides is 2. The number of fused-ring (bicyclic) bond motifs is 1. The number of ether oxygens (including phenoxy) is 2. The van der Waals surface area contributed by atoms with E-state index in [0.717, 1.165) is 6.42 Å². The van der Waals surface area contributed by atoms with E-state index in [0.29, 0.717) is 68.8 Å². The van der Waals surface area contributed by atoms with E-state index in [1.54, 1.807) is 28.1 Å². The first-order valence-electron chi connectivity index (χ1n) is 14.0. The van der Waals surface area contributed by atoms with E-state index in [4.69, 9.17) is 14.6 Å². The third kappa shape index (κ3) is 5.79. The largest absolute Gasteiger partial charge is 0.444 e. The first-order valence-corrected chi connectivity index (χ1v) is 14.0. The monoisotopic (exact) mass is 568 g/mol. The molecule has 2 aliphatic rings. The normalized spacial score (nSPS) is 17.5. The second kappa shape index (κ2) is 11.2. The lowest BCUT2D eigenvalue weighted by atomic mass is 9.85. The number of carbonyl (C=O) groups is 2. The number of piperidine rings is 1. The number of aromatic nitrogens is 3. The third-order valence-electron chi connectivity index (χ3n) is 7.82. The summed E-state index contributed by atoms with van der Waals surface area (Å²) in [6.45, 7) is 10.2. The van der Waals surface area contributed by atoms with Gasteiger partial charge in [-0.25, -0.2) is 9.18 Å². The second-order valence-electron chi connectivity index (χ2n) is 11.6. The number of anilines is 2. The number of nitrogens with one attached hydrogen (secondary N) is 2. The average Bonchev–Trinajstić information content (AvgIpc) is 3.32. The minimum Gasteiger partial charge on any atom is -0.444 e. The standard InChI is InChI=1S/C29H37FN6O5/c1-5-29(9-12-35(13-10-29)27(39)41-28(2,3)4)36-22-8-11-31-25(37)23(22)24(33-36)32-19-6-7-20(21(30)18-19)26(38)34-14-16-40-17-15-34/h6-8,11,18H,5,9-10,12-17H2,1-4H3,(H,31,37)(H,32,33). The van der Waals surface area contributed by atoms with Crippen molar-refractivity contribution in [3.05, 3.63) is 52.2 Å². The molecule has 0 bridgehead atoms. The summed E-state index contributed by atoms with van der Waals surface area (Å²) in [4.78, 5) is 44.4. The molecular weight excluding hydrogens is 531 g/mol. The molecule has 0 radical (unpaired) electrons. The Morgan fingerprint density at radius 1 is 1.12 bits per heavy atom. The highest BCUT2D eigenvalue weighted by atomic mass is 19.1. The van der Waals surface area contributed by atoms with Gasteiger partial charge < -0.3 is 29.6 Å². The summed E-state index contributed by atoms with van der Waals surface area (Å²) in [7, 11) is 0. The van der Waals surface area contributed by atoms with Crippen LogP contribution in [-0.4, -0.2) is 81.6 Å². The molecule has 5 rings (SSSR count). The zero-order valence-corrected chi connectivity index (χ0v) is 24.0. The SMILES string of the molecule is CCC1(n2nc(Nc3ccc(C(=O)N4CCOCC4)c(F)c3)c3c(=O)[nH]ccc32)CCN(C(=O)OC(C)(C)C)CC1. The zero-order chi connectivity index (χ0) is 29.4. The van der Waals surface area contributed by atoms with Crippen LogP contribution in [0, 0.1) is 5.82 Å². The van der Waals surface area contributed by atoms with Gasteiger partial charge in [0, 0.05) is 38.1 Å². The Morgan fingerprint density at radius 3 is 2.46 bits per heavy atom. The quantitative estimate of drug-likeness (QED) is 0.473. The van der Waals surface area contributed by atoms with Crippen molar-refractivity contribution >= 4 is 34.4 Å². The number of carbonyl (C=O) groups excluding carboxylic acids is 2. The van der Waals surface area contributed by atoms with Gasteiger partial charge in [0.2, 0.25) is 0 Å². The Kier molecular flexibility index (Phi) is 7.78. The van der Waals surface area contributed by atoms with Crippen LogP contribution >= 0.6 is 0 Å². The molecule has 4 heterocycles. The summed E-state index contributed by atoms with van der Waals surface area (Å²) in [5.41, 5.74) is -0.362. The minimum atomic E-state index is -0.663.